The van der Waals surface area contributed by atoms with Crippen molar-refractivity contribution in [2.75, 3.05) is 13.7 Å². The van der Waals surface area contributed by atoms with E-state index >= 15 is 0 Å². The van der Waals surface area contributed by atoms with Gasteiger partial charge in [-0.3, -0.25) is 4.79 Å². The van der Waals surface area contributed by atoms with Gasteiger partial charge in [0.15, 0.2) is 12.4 Å². The maximum absolute atomic E-state index is 12.7. The third-order valence-corrected chi connectivity index (χ3v) is 7.61. The highest BCUT2D eigenvalue weighted by Gasteiger charge is 2.52. The molecule has 6 rings (SSSR count). The fourth-order valence-electron chi connectivity index (χ4n) is 6.72. The van der Waals surface area contributed by atoms with Crippen molar-refractivity contribution in [2.24, 2.45) is 17.8 Å². The largest absolute Gasteiger partial charge is 0.497 e. The Labute approximate surface area is 182 Å². The van der Waals surface area contributed by atoms with E-state index in [0.29, 0.717) is 17.1 Å². The number of carboxylic acid groups (broad SMARTS) is 1. The lowest BCUT2D eigenvalue weighted by Gasteiger charge is -2.57. The van der Waals surface area contributed by atoms with Crippen LogP contribution < -0.4 is 9.47 Å². The van der Waals surface area contributed by atoms with E-state index in [2.05, 4.69) is 0 Å². The van der Waals surface area contributed by atoms with Gasteiger partial charge in [-0.2, -0.15) is 0 Å². The van der Waals surface area contributed by atoms with E-state index in [1.807, 2.05) is 12.1 Å². The Balaban J connectivity index is 1.45. The summed E-state index contributed by atoms with van der Waals surface area (Å²) < 4.78 is 11.2. The van der Waals surface area contributed by atoms with Gasteiger partial charge in [-0.1, -0.05) is 12.1 Å². The van der Waals surface area contributed by atoms with Crippen molar-refractivity contribution in [1.29, 1.82) is 0 Å². The van der Waals surface area contributed by atoms with E-state index in [9.17, 15) is 14.7 Å². The number of Topliss-reactive ketones (excluding diaryl/α,β-unsaturated/α-hetero) is 1. The lowest BCUT2D eigenvalue weighted by Crippen LogP contribution is -2.48. The molecule has 0 aromatic heterocycles. The van der Waals surface area contributed by atoms with Crippen LogP contribution in [0, 0.1) is 17.8 Å². The normalized spacial score (nSPS) is 28.4. The molecule has 0 saturated heterocycles. The summed E-state index contributed by atoms with van der Waals surface area (Å²) in [6.45, 7) is -0.185. The summed E-state index contributed by atoms with van der Waals surface area (Å²) in [5.74, 6) is 2.06. The summed E-state index contributed by atoms with van der Waals surface area (Å²) in [6.07, 6.45) is 7.23. The molecule has 5 heteroatoms. The molecule has 31 heavy (non-hydrogen) atoms. The second-order valence-electron chi connectivity index (χ2n) is 9.63. The molecule has 0 aliphatic heterocycles. The first kappa shape index (κ1) is 20.1. The molecule has 0 heterocycles. The number of para-hydroxylation sites is 1. The highest BCUT2D eigenvalue weighted by Crippen LogP contribution is 2.62. The molecule has 4 aliphatic rings. The molecule has 4 aliphatic carbocycles. The van der Waals surface area contributed by atoms with E-state index in [4.69, 9.17) is 9.47 Å². The summed E-state index contributed by atoms with van der Waals surface area (Å²) in [5.41, 5.74) is 1.65. The SMILES string of the molecule is COc1ccc(C(=O)COc2c(C(=O)O)cccc2C23CC4CC(CC(C4)C2)C3)cc1. The Kier molecular flexibility index (Phi) is 4.99. The van der Waals surface area contributed by atoms with E-state index in [1.165, 1.54) is 19.3 Å². The lowest BCUT2D eigenvalue weighted by molar-refractivity contribution is -0.00641. The molecule has 0 atom stereocenters. The monoisotopic (exact) mass is 420 g/mol. The lowest BCUT2D eigenvalue weighted by atomic mass is 9.48. The highest BCUT2D eigenvalue weighted by molar-refractivity contribution is 5.97. The Morgan fingerprint density at radius 1 is 0.968 bits per heavy atom. The van der Waals surface area contributed by atoms with Gasteiger partial charge in [-0.05, 0) is 92.0 Å². The van der Waals surface area contributed by atoms with Crippen LogP contribution in [0.3, 0.4) is 0 Å². The van der Waals surface area contributed by atoms with Crippen LogP contribution in [0.1, 0.15) is 64.8 Å². The van der Waals surface area contributed by atoms with Gasteiger partial charge in [0.2, 0.25) is 0 Å². The fourth-order valence-corrected chi connectivity index (χ4v) is 6.72. The predicted molar refractivity (Wildman–Crippen MR) is 116 cm³/mol. The summed E-state index contributed by atoms with van der Waals surface area (Å²) >= 11 is 0. The number of methoxy groups -OCH3 is 1. The third kappa shape index (κ3) is 3.60. The molecule has 4 saturated carbocycles. The van der Waals surface area contributed by atoms with Crippen molar-refractivity contribution in [3.63, 3.8) is 0 Å². The number of carbonyl (C=O) groups is 2. The van der Waals surface area contributed by atoms with Crippen LogP contribution in [-0.4, -0.2) is 30.6 Å². The quantitative estimate of drug-likeness (QED) is 0.629. The van der Waals surface area contributed by atoms with Gasteiger partial charge in [0, 0.05) is 11.1 Å². The molecule has 1 N–H and O–H groups in total. The maximum Gasteiger partial charge on any atom is 0.339 e. The average molecular weight is 421 g/mol. The molecule has 0 unspecified atom stereocenters. The van der Waals surface area contributed by atoms with E-state index < -0.39 is 5.97 Å². The van der Waals surface area contributed by atoms with Gasteiger partial charge in [-0.25, -0.2) is 4.79 Å². The first-order chi connectivity index (χ1) is 15.0. The summed E-state index contributed by atoms with van der Waals surface area (Å²) in [4.78, 5) is 24.8. The zero-order valence-electron chi connectivity index (χ0n) is 17.8. The number of carbonyl (C=O) groups excluding carboxylic acids is 1. The minimum Gasteiger partial charge on any atom is -0.497 e. The third-order valence-electron chi connectivity index (χ3n) is 7.61. The fraction of sp³-hybridized carbons (Fsp3) is 0.462. The summed E-state index contributed by atoms with van der Waals surface area (Å²) in [7, 11) is 1.58. The molecule has 162 valence electrons. The molecule has 0 radical (unpaired) electrons. The number of benzene rings is 2. The minimum atomic E-state index is -1.02. The number of hydrogen-bond donors (Lipinski definition) is 1. The van der Waals surface area contributed by atoms with Crippen LogP contribution >= 0.6 is 0 Å². The van der Waals surface area contributed by atoms with Crippen LogP contribution in [0.15, 0.2) is 42.5 Å². The zero-order chi connectivity index (χ0) is 21.6. The Hall–Kier alpha value is -2.82. The van der Waals surface area contributed by atoms with Gasteiger partial charge in [0.25, 0.3) is 0 Å². The van der Waals surface area contributed by atoms with Crippen molar-refractivity contribution >= 4 is 11.8 Å². The molecule has 0 spiro atoms. The maximum atomic E-state index is 12.7. The van der Waals surface area contributed by atoms with Crippen molar-refractivity contribution in [1.82, 2.24) is 0 Å². The number of aromatic carboxylic acids is 1. The van der Waals surface area contributed by atoms with Crippen molar-refractivity contribution < 1.29 is 24.2 Å². The van der Waals surface area contributed by atoms with E-state index in [0.717, 1.165) is 42.6 Å². The van der Waals surface area contributed by atoms with Crippen LogP contribution in [0.25, 0.3) is 0 Å². The zero-order valence-corrected chi connectivity index (χ0v) is 17.8. The number of ketones is 1. The van der Waals surface area contributed by atoms with E-state index in [1.54, 1.807) is 37.4 Å². The number of carboxylic acids is 1. The van der Waals surface area contributed by atoms with Gasteiger partial charge < -0.3 is 14.6 Å². The summed E-state index contributed by atoms with van der Waals surface area (Å²) in [6, 6.07) is 12.3. The second-order valence-corrected chi connectivity index (χ2v) is 9.63. The average Bonchev–Trinajstić information content (AvgIpc) is 2.76. The number of ether oxygens (including phenoxy) is 2. The molecule has 2 aromatic rings. The standard InChI is InChI=1S/C26H28O5/c1-30-20-7-5-19(6-8-20)23(27)15-31-24-21(25(28)29)3-2-4-22(24)26-12-16-9-17(13-26)11-18(10-16)14-26/h2-8,16-18H,9-15H2,1H3,(H,28,29). The van der Waals surface area contributed by atoms with Crippen LogP contribution in [0.2, 0.25) is 0 Å². The van der Waals surface area contributed by atoms with Crippen LogP contribution in [-0.2, 0) is 5.41 Å². The number of rotatable bonds is 7. The van der Waals surface area contributed by atoms with Gasteiger partial charge in [0.05, 0.1) is 7.11 Å². The highest BCUT2D eigenvalue weighted by atomic mass is 16.5. The molecule has 4 bridgehead atoms. The van der Waals surface area contributed by atoms with Crippen molar-refractivity contribution in [2.45, 2.75) is 43.9 Å². The summed E-state index contributed by atoms with van der Waals surface area (Å²) in [5, 5.41) is 9.83. The minimum absolute atomic E-state index is 0.0152. The first-order valence-corrected chi connectivity index (χ1v) is 11.1. The smallest absolute Gasteiger partial charge is 0.339 e. The van der Waals surface area contributed by atoms with Gasteiger partial charge >= 0.3 is 5.97 Å². The van der Waals surface area contributed by atoms with Crippen LogP contribution in [0.4, 0.5) is 0 Å². The van der Waals surface area contributed by atoms with E-state index in [-0.39, 0.29) is 23.4 Å². The molecular formula is C26H28O5. The molecule has 2 aromatic carbocycles. The number of hydrogen-bond acceptors (Lipinski definition) is 4. The first-order valence-electron chi connectivity index (χ1n) is 11.1. The van der Waals surface area contributed by atoms with Crippen LogP contribution in [0.5, 0.6) is 11.5 Å². The molecular weight excluding hydrogens is 392 g/mol. The molecule has 5 nitrogen and oxygen atoms in total. The predicted octanol–water partition coefficient (Wildman–Crippen LogP) is 5.12. The Morgan fingerprint density at radius 2 is 1.58 bits per heavy atom. The topological polar surface area (TPSA) is 72.8 Å². The second kappa shape index (κ2) is 7.70. The van der Waals surface area contributed by atoms with Crippen molar-refractivity contribution in [3.05, 3.63) is 59.2 Å². The van der Waals surface area contributed by atoms with Gasteiger partial charge in [-0.15, -0.1) is 0 Å². The molecule has 4 fully saturated rings. The van der Waals surface area contributed by atoms with Gasteiger partial charge in [0.1, 0.15) is 17.1 Å². The molecule has 0 amide bonds. The Morgan fingerprint density at radius 3 is 2.13 bits per heavy atom. The Bertz CT molecular complexity index is 972. The van der Waals surface area contributed by atoms with Crippen molar-refractivity contribution in [3.8, 4) is 11.5 Å².